The third kappa shape index (κ3) is 4.29. The van der Waals surface area contributed by atoms with Gasteiger partial charge in [-0.1, -0.05) is 6.07 Å². The van der Waals surface area contributed by atoms with Gasteiger partial charge in [-0.15, -0.1) is 0 Å². The van der Waals surface area contributed by atoms with E-state index in [4.69, 9.17) is 9.47 Å². The van der Waals surface area contributed by atoms with E-state index < -0.39 is 15.9 Å². The monoisotopic (exact) mass is 430 g/mol. The van der Waals surface area contributed by atoms with Crippen LogP contribution in [0, 0.1) is 6.92 Å². The molecule has 1 amide bonds. The summed E-state index contributed by atoms with van der Waals surface area (Å²) in [5.74, 6) is 0.894. The van der Waals surface area contributed by atoms with Crippen LogP contribution in [0.4, 0.5) is 5.69 Å². The Morgan fingerprint density at radius 3 is 2.70 bits per heavy atom. The van der Waals surface area contributed by atoms with Crippen molar-refractivity contribution < 1.29 is 22.7 Å². The summed E-state index contributed by atoms with van der Waals surface area (Å²) in [6, 6.07) is 8.25. The predicted octanol–water partition coefficient (Wildman–Crippen LogP) is 3.41. The first-order chi connectivity index (χ1) is 14.3. The maximum Gasteiger partial charge on any atom is 0.256 e. The molecule has 7 nitrogen and oxygen atoms in total. The first kappa shape index (κ1) is 20.7. The van der Waals surface area contributed by atoms with Crippen LogP contribution in [-0.4, -0.2) is 33.1 Å². The van der Waals surface area contributed by atoms with Crippen LogP contribution in [0.2, 0.25) is 0 Å². The Balaban J connectivity index is 1.63. The normalized spacial score (nSPS) is 17.9. The summed E-state index contributed by atoms with van der Waals surface area (Å²) in [7, 11) is -3.65. The second-order valence-corrected chi connectivity index (χ2v) is 9.56. The number of hydrogen-bond donors (Lipinski definition) is 2. The van der Waals surface area contributed by atoms with Gasteiger partial charge in [-0.05, 0) is 57.4 Å². The van der Waals surface area contributed by atoms with Crippen molar-refractivity contribution in [3.63, 3.8) is 0 Å². The van der Waals surface area contributed by atoms with Gasteiger partial charge in [0.05, 0.1) is 17.2 Å². The Hall–Kier alpha value is -2.58. The molecular weight excluding hydrogens is 404 g/mol. The minimum atomic E-state index is -3.65. The number of aryl methyl sites for hydroxylation is 1. The van der Waals surface area contributed by atoms with Crippen LogP contribution in [0.5, 0.6) is 11.5 Å². The van der Waals surface area contributed by atoms with E-state index in [-0.39, 0.29) is 17.0 Å². The highest BCUT2D eigenvalue weighted by atomic mass is 32.2. The van der Waals surface area contributed by atoms with Gasteiger partial charge in [-0.25, -0.2) is 13.1 Å². The van der Waals surface area contributed by atoms with Gasteiger partial charge in [-0.3, -0.25) is 4.79 Å². The molecule has 2 aromatic carbocycles. The lowest BCUT2D eigenvalue weighted by atomic mass is 10.1. The quantitative estimate of drug-likeness (QED) is 0.702. The molecule has 160 valence electrons. The highest BCUT2D eigenvalue weighted by Crippen LogP contribution is 2.38. The number of anilines is 1. The molecule has 1 unspecified atom stereocenters. The summed E-state index contributed by atoms with van der Waals surface area (Å²) in [5.41, 5.74) is 2.52. The molecule has 1 fully saturated rings. The van der Waals surface area contributed by atoms with Crippen molar-refractivity contribution in [2.24, 2.45) is 0 Å². The zero-order valence-electron chi connectivity index (χ0n) is 17.3. The van der Waals surface area contributed by atoms with Crippen LogP contribution in [0.25, 0.3) is 0 Å². The van der Waals surface area contributed by atoms with Gasteiger partial charge in [-0.2, -0.15) is 0 Å². The molecule has 0 spiro atoms. The number of sulfonamides is 1. The molecule has 30 heavy (non-hydrogen) atoms. The average molecular weight is 431 g/mol. The van der Waals surface area contributed by atoms with Crippen molar-refractivity contribution >= 4 is 21.6 Å². The second-order valence-electron chi connectivity index (χ2n) is 7.85. The molecule has 0 aromatic heterocycles. The molecule has 1 heterocycles. The SMILES string of the molecule is CCOc1cc2c(cc1NC(=O)c1cc(S(=O)(=O)NC3CC3)ccc1C)OC(C)C2. The van der Waals surface area contributed by atoms with E-state index >= 15 is 0 Å². The summed E-state index contributed by atoms with van der Waals surface area (Å²) in [6.45, 7) is 6.10. The minimum absolute atomic E-state index is 0.00358. The summed E-state index contributed by atoms with van der Waals surface area (Å²) >= 11 is 0. The average Bonchev–Trinajstić information content (AvgIpc) is 3.40. The van der Waals surface area contributed by atoms with Gasteiger partial charge in [0.25, 0.3) is 5.91 Å². The third-order valence-electron chi connectivity index (χ3n) is 5.21. The van der Waals surface area contributed by atoms with Crippen molar-refractivity contribution in [2.45, 2.75) is 57.1 Å². The standard InChI is InChI=1S/C22H26N2O5S/c1-4-28-21-10-15-9-14(3)29-20(15)12-19(21)23-22(25)18-11-17(8-5-13(18)2)30(26,27)24-16-6-7-16/h5,8,10-12,14,16,24H,4,6-7,9H2,1-3H3,(H,23,25). The highest BCUT2D eigenvalue weighted by Gasteiger charge is 2.29. The Bertz CT molecular complexity index is 1090. The first-order valence-electron chi connectivity index (χ1n) is 10.2. The number of hydrogen-bond acceptors (Lipinski definition) is 5. The fourth-order valence-electron chi connectivity index (χ4n) is 3.50. The van der Waals surface area contributed by atoms with Crippen LogP contribution in [0.1, 0.15) is 48.2 Å². The molecule has 2 aromatic rings. The molecule has 1 aliphatic carbocycles. The van der Waals surface area contributed by atoms with E-state index in [2.05, 4.69) is 10.0 Å². The van der Waals surface area contributed by atoms with Crippen molar-refractivity contribution in [1.82, 2.24) is 4.72 Å². The lowest BCUT2D eigenvalue weighted by Crippen LogP contribution is -2.26. The van der Waals surface area contributed by atoms with Crippen LogP contribution in [-0.2, 0) is 16.4 Å². The molecule has 8 heteroatoms. The van der Waals surface area contributed by atoms with Gasteiger partial charge in [0, 0.05) is 29.7 Å². The number of amides is 1. The van der Waals surface area contributed by atoms with E-state index in [1.807, 2.05) is 19.9 Å². The lowest BCUT2D eigenvalue weighted by molar-refractivity contribution is 0.102. The number of rotatable bonds is 7. The molecule has 4 rings (SSSR count). The summed E-state index contributed by atoms with van der Waals surface area (Å²) < 4.78 is 39.3. The topological polar surface area (TPSA) is 93.7 Å². The second kappa shape index (κ2) is 7.92. The minimum Gasteiger partial charge on any atom is -0.492 e. The number of nitrogens with one attached hydrogen (secondary N) is 2. The molecule has 1 saturated carbocycles. The van der Waals surface area contributed by atoms with Crippen molar-refractivity contribution in [1.29, 1.82) is 0 Å². The van der Waals surface area contributed by atoms with Gasteiger partial charge < -0.3 is 14.8 Å². The Kier molecular flexibility index (Phi) is 5.46. The predicted molar refractivity (Wildman–Crippen MR) is 114 cm³/mol. The zero-order chi connectivity index (χ0) is 21.5. The number of carbonyl (C=O) groups excluding carboxylic acids is 1. The zero-order valence-corrected chi connectivity index (χ0v) is 18.1. The van der Waals surface area contributed by atoms with E-state index in [0.29, 0.717) is 29.2 Å². The van der Waals surface area contributed by atoms with Gasteiger partial charge >= 0.3 is 0 Å². The van der Waals surface area contributed by atoms with Crippen molar-refractivity contribution in [3.8, 4) is 11.5 Å². The van der Waals surface area contributed by atoms with Crippen LogP contribution in [0.15, 0.2) is 35.2 Å². The van der Waals surface area contributed by atoms with E-state index in [1.165, 1.54) is 12.1 Å². The summed E-state index contributed by atoms with van der Waals surface area (Å²) in [4.78, 5) is 13.1. The largest absolute Gasteiger partial charge is 0.492 e. The maximum absolute atomic E-state index is 13.0. The highest BCUT2D eigenvalue weighted by molar-refractivity contribution is 7.89. The van der Waals surface area contributed by atoms with Gasteiger partial charge in [0.15, 0.2) is 0 Å². The molecule has 0 radical (unpaired) electrons. The summed E-state index contributed by atoms with van der Waals surface area (Å²) in [5, 5.41) is 2.87. The van der Waals surface area contributed by atoms with Crippen LogP contribution < -0.4 is 19.5 Å². The fraction of sp³-hybridized carbons (Fsp3) is 0.409. The van der Waals surface area contributed by atoms with Crippen LogP contribution in [0.3, 0.4) is 0 Å². The number of benzene rings is 2. The smallest absolute Gasteiger partial charge is 0.256 e. The molecule has 2 N–H and O–H groups in total. The van der Waals surface area contributed by atoms with E-state index in [1.54, 1.807) is 19.1 Å². The van der Waals surface area contributed by atoms with Crippen molar-refractivity contribution in [2.75, 3.05) is 11.9 Å². The van der Waals surface area contributed by atoms with Gasteiger partial charge in [0.1, 0.15) is 17.6 Å². The van der Waals surface area contributed by atoms with Crippen LogP contribution >= 0.6 is 0 Å². The maximum atomic E-state index is 13.0. The summed E-state index contributed by atoms with van der Waals surface area (Å²) in [6.07, 6.45) is 2.55. The molecule has 0 saturated heterocycles. The van der Waals surface area contributed by atoms with Gasteiger partial charge in [0.2, 0.25) is 10.0 Å². The Labute approximate surface area is 176 Å². The Morgan fingerprint density at radius 2 is 2.00 bits per heavy atom. The lowest BCUT2D eigenvalue weighted by Gasteiger charge is -2.15. The third-order valence-corrected chi connectivity index (χ3v) is 6.73. The molecule has 2 aliphatic rings. The van der Waals surface area contributed by atoms with E-state index in [9.17, 15) is 13.2 Å². The first-order valence-corrected chi connectivity index (χ1v) is 11.7. The number of fused-ring (bicyclic) bond motifs is 1. The molecule has 1 atom stereocenters. The Morgan fingerprint density at radius 1 is 1.23 bits per heavy atom. The van der Waals surface area contributed by atoms with E-state index in [0.717, 1.165) is 30.6 Å². The fourth-order valence-corrected chi connectivity index (χ4v) is 4.83. The molecule has 1 aliphatic heterocycles. The number of ether oxygens (including phenoxy) is 2. The number of carbonyl (C=O) groups is 1. The van der Waals surface area contributed by atoms with Crippen molar-refractivity contribution in [3.05, 3.63) is 47.0 Å². The molecular formula is C22H26N2O5S. The molecule has 0 bridgehead atoms.